The van der Waals surface area contributed by atoms with Crippen LogP contribution in [0.3, 0.4) is 0 Å². The molecule has 0 atom stereocenters. The summed E-state index contributed by atoms with van der Waals surface area (Å²) >= 11 is 5.88. The van der Waals surface area contributed by atoms with Crippen molar-refractivity contribution in [2.45, 2.75) is 19.3 Å². The van der Waals surface area contributed by atoms with Gasteiger partial charge < -0.3 is 14.4 Å². The highest BCUT2D eigenvalue weighted by Gasteiger charge is 2.17. The molecular formula is C17H17ClFN3O3. The van der Waals surface area contributed by atoms with Gasteiger partial charge in [-0.05, 0) is 25.3 Å². The highest BCUT2D eigenvalue weighted by Crippen LogP contribution is 2.27. The minimum atomic E-state index is -0.570. The molecule has 8 heteroatoms. The van der Waals surface area contributed by atoms with Crippen molar-refractivity contribution >= 4 is 23.4 Å². The van der Waals surface area contributed by atoms with Crippen LogP contribution in [0.5, 0.6) is 11.6 Å². The van der Waals surface area contributed by atoms with Crippen LogP contribution in [0.1, 0.15) is 29.6 Å². The first kappa shape index (κ1) is 17.4. The molecule has 0 unspecified atom stereocenters. The Labute approximate surface area is 149 Å². The van der Waals surface area contributed by atoms with Gasteiger partial charge in [0.2, 0.25) is 5.88 Å². The smallest absolute Gasteiger partial charge is 0.338 e. The van der Waals surface area contributed by atoms with Crippen molar-refractivity contribution in [3.8, 4) is 11.6 Å². The van der Waals surface area contributed by atoms with Crippen LogP contribution in [-0.2, 0) is 4.74 Å². The van der Waals surface area contributed by atoms with Crippen molar-refractivity contribution in [3.05, 3.63) is 40.9 Å². The van der Waals surface area contributed by atoms with Gasteiger partial charge >= 0.3 is 5.97 Å². The highest BCUT2D eigenvalue weighted by atomic mass is 35.5. The Morgan fingerprint density at radius 1 is 1.24 bits per heavy atom. The fraction of sp³-hybridized carbons (Fsp3) is 0.353. The van der Waals surface area contributed by atoms with Crippen molar-refractivity contribution in [3.63, 3.8) is 0 Å². The Hall–Kier alpha value is -2.41. The maximum Gasteiger partial charge on any atom is 0.338 e. The lowest BCUT2D eigenvalue weighted by atomic mass is 10.1. The van der Waals surface area contributed by atoms with E-state index in [1.807, 2.05) is 4.90 Å². The van der Waals surface area contributed by atoms with E-state index >= 15 is 0 Å². The molecule has 132 valence electrons. The highest BCUT2D eigenvalue weighted by molar-refractivity contribution is 6.29. The van der Waals surface area contributed by atoms with E-state index in [9.17, 15) is 9.18 Å². The maximum absolute atomic E-state index is 14.4. The lowest BCUT2D eigenvalue weighted by Gasteiger charge is -2.27. The molecule has 0 saturated carbocycles. The van der Waals surface area contributed by atoms with Crippen LogP contribution in [-0.4, -0.2) is 36.1 Å². The van der Waals surface area contributed by atoms with E-state index in [4.69, 9.17) is 16.3 Å². The molecule has 0 N–H and O–H groups in total. The number of pyridine rings is 2. The summed E-state index contributed by atoms with van der Waals surface area (Å²) in [5.74, 6) is -0.487. The van der Waals surface area contributed by atoms with Gasteiger partial charge in [0.25, 0.3) is 0 Å². The normalized spacial score (nSPS) is 14.3. The second-order valence-corrected chi connectivity index (χ2v) is 6.02. The average molecular weight is 366 g/mol. The number of methoxy groups -OCH3 is 1. The number of esters is 1. The van der Waals surface area contributed by atoms with Gasteiger partial charge in [0.15, 0.2) is 17.4 Å². The number of halogens is 2. The van der Waals surface area contributed by atoms with Gasteiger partial charge in [-0.3, -0.25) is 0 Å². The van der Waals surface area contributed by atoms with Crippen LogP contribution in [0.25, 0.3) is 0 Å². The first-order chi connectivity index (χ1) is 12.1. The van der Waals surface area contributed by atoms with Crippen molar-refractivity contribution in [2.75, 3.05) is 25.1 Å². The van der Waals surface area contributed by atoms with Gasteiger partial charge in [-0.25, -0.2) is 19.2 Å². The number of rotatable bonds is 4. The Balaban J connectivity index is 1.80. The van der Waals surface area contributed by atoms with Crippen molar-refractivity contribution in [1.82, 2.24) is 9.97 Å². The summed E-state index contributed by atoms with van der Waals surface area (Å²) in [5, 5.41) is 0.0660. The molecular weight excluding hydrogens is 349 g/mol. The van der Waals surface area contributed by atoms with E-state index in [-0.39, 0.29) is 22.3 Å². The Kier molecular flexibility index (Phi) is 5.33. The SMILES string of the molecule is COC(=O)c1cc(Cl)nc(Oc2cnc(N3CCCCC3)c(F)c2)c1. The predicted octanol–water partition coefficient (Wildman–Crippen LogP) is 3.84. The van der Waals surface area contributed by atoms with E-state index in [0.717, 1.165) is 32.4 Å². The third-order valence-electron chi connectivity index (χ3n) is 3.87. The van der Waals surface area contributed by atoms with Gasteiger partial charge in [0, 0.05) is 25.2 Å². The number of hydrogen-bond acceptors (Lipinski definition) is 6. The molecule has 1 fully saturated rings. The van der Waals surface area contributed by atoms with Crippen LogP contribution >= 0.6 is 11.6 Å². The Morgan fingerprint density at radius 2 is 2.00 bits per heavy atom. The molecule has 3 rings (SSSR count). The van der Waals surface area contributed by atoms with Gasteiger partial charge in [0.1, 0.15) is 5.15 Å². The topological polar surface area (TPSA) is 64.5 Å². The van der Waals surface area contributed by atoms with Gasteiger partial charge in [-0.2, -0.15) is 0 Å². The summed E-state index contributed by atoms with van der Waals surface area (Å²) in [6.07, 6.45) is 4.64. The van der Waals surface area contributed by atoms with E-state index in [0.29, 0.717) is 5.82 Å². The number of anilines is 1. The summed E-state index contributed by atoms with van der Waals surface area (Å²) in [5.41, 5.74) is 0.191. The van der Waals surface area contributed by atoms with Gasteiger partial charge in [-0.1, -0.05) is 11.6 Å². The molecule has 2 aromatic heterocycles. The largest absolute Gasteiger partial charge is 0.465 e. The molecule has 1 saturated heterocycles. The molecule has 1 aliphatic rings. The minimum absolute atomic E-state index is 0.0554. The zero-order chi connectivity index (χ0) is 17.8. The molecule has 0 aliphatic carbocycles. The summed E-state index contributed by atoms with van der Waals surface area (Å²) in [6.45, 7) is 1.59. The number of ether oxygens (including phenoxy) is 2. The third-order valence-corrected chi connectivity index (χ3v) is 4.06. The molecule has 0 bridgehead atoms. The molecule has 3 heterocycles. The van der Waals surface area contributed by atoms with Gasteiger partial charge in [-0.15, -0.1) is 0 Å². The average Bonchev–Trinajstić information content (AvgIpc) is 2.61. The van der Waals surface area contributed by atoms with E-state index < -0.39 is 11.8 Å². The van der Waals surface area contributed by atoms with Crippen molar-refractivity contribution in [2.24, 2.45) is 0 Å². The maximum atomic E-state index is 14.4. The van der Waals surface area contributed by atoms with Crippen molar-refractivity contribution < 1.29 is 18.7 Å². The summed E-state index contributed by atoms with van der Waals surface area (Å²) < 4.78 is 24.5. The summed E-state index contributed by atoms with van der Waals surface area (Å²) in [6, 6.07) is 3.98. The zero-order valence-corrected chi connectivity index (χ0v) is 14.4. The third kappa shape index (κ3) is 4.17. The van der Waals surface area contributed by atoms with Gasteiger partial charge in [0.05, 0.1) is 18.9 Å². The molecule has 1 aliphatic heterocycles. The standard InChI is InChI=1S/C17H17ClFN3O3/c1-24-17(23)11-7-14(18)21-15(8-11)25-12-9-13(19)16(20-10-12)22-5-3-2-4-6-22/h7-10H,2-6H2,1H3. The zero-order valence-electron chi connectivity index (χ0n) is 13.7. The lowest BCUT2D eigenvalue weighted by Crippen LogP contribution is -2.30. The number of aromatic nitrogens is 2. The Bertz CT molecular complexity index is 782. The second kappa shape index (κ2) is 7.65. The number of piperidine rings is 1. The second-order valence-electron chi connectivity index (χ2n) is 5.63. The lowest BCUT2D eigenvalue weighted by molar-refractivity contribution is 0.0600. The predicted molar refractivity (Wildman–Crippen MR) is 90.9 cm³/mol. The molecule has 2 aromatic rings. The number of hydrogen-bond donors (Lipinski definition) is 0. The molecule has 0 radical (unpaired) electrons. The van der Waals surface area contributed by atoms with Crippen LogP contribution < -0.4 is 9.64 Å². The summed E-state index contributed by atoms with van der Waals surface area (Å²) in [4.78, 5) is 21.7. The first-order valence-electron chi connectivity index (χ1n) is 7.91. The van der Waals surface area contributed by atoms with Crippen LogP contribution in [0.15, 0.2) is 24.4 Å². The molecule has 0 amide bonds. The van der Waals surface area contributed by atoms with E-state index in [2.05, 4.69) is 14.7 Å². The monoisotopic (exact) mass is 365 g/mol. The first-order valence-corrected chi connectivity index (χ1v) is 8.29. The minimum Gasteiger partial charge on any atom is -0.465 e. The number of carbonyl (C=O) groups is 1. The quantitative estimate of drug-likeness (QED) is 0.606. The number of nitrogens with zero attached hydrogens (tertiary/aromatic N) is 3. The fourth-order valence-corrected chi connectivity index (χ4v) is 2.89. The van der Waals surface area contributed by atoms with Crippen LogP contribution in [0.2, 0.25) is 5.15 Å². The Morgan fingerprint density at radius 3 is 2.68 bits per heavy atom. The molecule has 6 nitrogen and oxygen atoms in total. The van der Waals surface area contributed by atoms with E-state index in [1.54, 1.807) is 0 Å². The van der Waals surface area contributed by atoms with E-state index in [1.165, 1.54) is 31.5 Å². The molecule has 0 aromatic carbocycles. The molecule has 25 heavy (non-hydrogen) atoms. The van der Waals surface area contributed by atoms with Crippen LogP contribution in [0.4, 0.5) is 10.2 Å². The summed E-state index contributed by atoms with van der Waals surface area (Å²) in [7, 11) is 1.26. The van der Waals surface area contributed by atoms with Crippen LogP contribution in [0, 0.1) is 5.82 Å². The molecule has 0 spiro atoms. The number of carbonyl (C=O) groups excluding carboxylic acids is 1. The van der Waals surface area contributed by atoms with Crippen molar-refractivity contribution in [1.29, 1.82) is 0 Å². The fourth-order valence-electron chi connectivity index (χ4n) is 2.69.